The topological polar surface area (TPSA) is 15.3 Å². The van der Waals surface area contributed by atoms with Gasteiger partial charge >= 0.3 is 0 Å². The van der Waals surface area contributed by atoms with Gasteiger partial charge in [-0.2, -0.15) is 0 Å². The molecule has 0 radical (unpaired) electrons. The quantitative estimate of drug-likeness (QED) is 0.918. The van der Waals surface area contributed by atoms with Gasteiger partial charge < -0.3 is 5.32 Å². The molecule has 3 rings (SSSR count). The molecule has 1 fully saturated rings. The molecule has 2 aromatic rings. The largest absolute Gasteiger partial charge is 0.315 e. The van der Waals surface area contributed by atoms with Crippen LogP contribution >= 0.6 is 0 Å². The summed E-state index contributed by atoms with van der Waals surface area (Å²) in [6.45, 7) is 5.69. The van der Waals surface area contributed by atoms with E-state index < -0.39 is 0 Å². The van der Waals surface area contributed by atoms with Crippen molar-refractivity contribution >= 4 is 0 Å². The lowest BCUT2D eigenvalue weighted by Crippen LogP contribution is -2.27. The van der Waals surface area contributed by atoms with E-state index in [0.29, 0.717) is 0 Å². The summed E-state index contributed by atoms with van der Waals surface area (Å²) in [5.41, 5.74) is 4.00. The fourth-order valence-electron chi connectivity index (χ4n) is 2.75. The molecule has 2 aromatic carbocycles. The monoisotopic (exact) mass is 266 g/mol. The first-order valence-corrected chi connectivity index (χ1v) is 7.49. The molecule has 0 saturated carbocycles. The van der Waals surface area contributed by atoms with Crippen LogP contribution in [0.15, 0.2) is 54.6 Å². The van der Waals surface area contributed by atoms with Crippen molar-refractivity contribution in [3.63, 3.8) is 0 Å². The zero-order valence-corrected chi connectivity index (χ0v) is 11.9. The molecule has 0 spiro atoms. The first-order valence-electron chi connectivity index (χ1n) is 7.49. The van der Waals surface area contributed by atoms with Gasteiger partial charge in [0.25, 0.3) is 0 Å². The average Bonchev–Trinajstić information content (AvgIpc) is 2.78. The summed E-state index contributed by atoms with van der Waals surface area (Å²) in [5, 5.41) is 3.45. The Hall–Kier alpha value is -1.64. The van der Waals surface area contributed by atoms with Crippen LogP contribution in [-0.2, 0) is 6.54 Å². The molecule has 1 heterocycles. The van der Waals surface area contributed by atoms with E-state index in [9.17, 15) is 0 Å². The summed E-state index contributed by atoms with van der Waals surface area (Å²) in [7, 11) is 0. The predicted octanol–water partition coefficient (Wildman–Crippen LogP) is 3.15. The summed E-state index contributed by atoms with van der Waals surface area (Å²) in [6.07, 6.45) is 1.25. The van der Waals surface area contributed by atoms with Crippen LogP contribution in [0.4, 0.5) is 0 Å². The Balaban J connectivity index is 1.67. The molecule has 1 aliphatic heterocycles. The number of hydrogen-bond donors (Lipinski definition) is 1. The van der Waals surface area contributed by atoms with E-state index in [2.05, 4.69) is 64.8 Å². The van der Waals surface area contributed by atoms with Gasteiger partial charge in [0.05, 0.1) is 0 Å². The molecule has 0 unspecified atom stereocenters. The minimum absolute atomic E-state index is 1.07. The van der Waals surface area contributed by atoms with Crippen LogP contribution in [0.5, 0.6) is 0 Å². The summed E-state index contributed by atoms with van der Waals surface area (Å²) < 4.78 is 0. The highest BCUT2D eigenvalue weighted by Gasteiger charge is 2.08. The van der Waals surface area contributed by atoms with E-state index in [4.69, 9.17) is 0 Å². The van der Waals surface area contributed by atoms with Crippen LogP contribution in [0.2, 0.25) is 0 Å². The Kier molecular flexibility index (Phi) is 4.46. The van der Waals surface area contributed by atoms with Gasteiger partial charge in [0.1, 0.15) is 0 Å². The maximum absolute atomic E-state index is 3.45. The van der Waals surface area contributed by atoms with Crippen LogP contribution < -0.4 is 5.32 Å². The normalized spacial score (nSPS) is 16.8. The summed E-state index contributed by atoms with van der Waals surface area (Å²) in [5.74, 6) is 0. The van der Waals surface area contributed by atoms with Gasteiger partial charge in [-0.05, 0) is 36.2 Å². The van der Waals surface area contributed by atoms with Gasteiger partial charge in [-0.1, -0.05) is 54.6 Å². The smallest absolute Gasteiger partial charge is 0.0234 e. The van der Waals surface area contributed by atoms with Crippen molar-refractivity contribution in [3.05, 3.63) is 60.2 Å². The highest BCUT2D eigenvalue weighted by molar-refractivity contribution is 5.63. The van der Waals surface area contributed by atoms with Crippen molar-refractivity contribution < 1.29 is 0 Å². The van der Waals surface area contributed by atoms with Crippen LogP contribution in [0, 0.1) is 0 Å². The van der Waals surface area contributed by atoms with Crippen molar-refractivity contribution in [1.82, 2.24) is 10.2 Å². The lowest BCUT2D eigenvalue weighted by atomic mass is 10.0. The molecule has 104 valence electrons. The van der Waals surface area contributed by atoms with Crippen molar-refractivity contribution in [1.29, 1.82) is 0 Å². The average molecular weight is 266 g/mol. The van der Waals surface area contributed by atoms with Gasteiger partial charge in [-0.15, -0.1) is 0 Å². The molecule has 20 heavy (non-hydrogen) atoms. The van der Waals surface area contributed by atoms with Crippen molar-refractivity contribution in [3.8, 4) is 11.1 Å². The highest BCUT2D eigenvalue weighted by atomic mass is 15.1. The minimum Gasteiger partial charge on any atom is -0.315 e. The maximum atomic E-state index is 3.45. The maximum Gasteiger partial charge on any atom is 0.0234 e. The Morgan fingerprint density at radius 2 is 1.55 bits per heavy atom. The van der Waals surface area contributed by atoms with E-state index in [1.165, 1.54) is 29.7 Å². The molecule has 0 aliphatic carbocycles. The number of hydrogen-bond acceptors (Lipinski definition) is 2. The molecule has 0 bridgehead atoms. The third-order valence-corrected chi connectivity index (χ3v) is 3.90. The molecular weight excluding hydrogens is 244 g/mol. The second kappa shape index (κ2) is 6.69. The first kappa shape index (κ1) is 13.3. The van der Waals surface area contributed by atoms with E-state index in [1.807, 2.05) is 0 Å². The van der Waals surface area contributed by atoms with Gasteiger partial charge in [0, 0.05) is 19.6 Å². The zero-order valence-electron chi connectivity index (χ0n) is 11.9. The third-order valence-electron chi connectivity index (χ3n) is 3.90. The standard InChI is InChI=1S/C18H22N2/c1-2-5-17(6-3-1)18-9-7-16(8-10-18)15-20-13-4-11-19-12-14-20/h1-3,5-10,19H,4,11-15H2. The summed E-state index contributed by atoms with van der Waals surface area (Å²) >= 11 is 0. The molecule has 2 nitrogen and oxygen atoms in total. The Morgan fingerprint density at radius 1 is 0.800 bits per heavy atom. The van der Waals surface area contributed by atoms with E-state index in [-0.39, 0.29) is 0 Å². The Bertz CT molecular complexity index is 511. The van der Waals surface area contributed by atoms with Crippen molar-refractivity contribution in [2.45, 2.75) is 13.0 Å². The van der Waals surface area contributed by atoms with Gasteiger partial charge in [-0.3, -0.25) is 4.90 Å². The van der Waals surface area contributed by atoms with E-state index >= 15 is 0 Å². The van der Waals surface area contributed by atoms with E-state index in [1.54, 1.807) is 0 Å². The molecule has 2 heteroatoms. The van der Waals surface area contributed by atoms with Gasteiger partial charge in [0.2, 0.25) is 0 Å². The molecule has 0 atom stereocenters. The number of nitrogens with one attached hydrogen (secondary N) is 1. The lowest BCUT2D eigenvalue weighted by molar-refractivity contribution is 0.284. The van der Waals surface area contributed by atoms with Crippen molar-refractivity contribution in [2.24, 2.45) is 0 Å². The number of benzene rings is 2. The lowest BCUT2D eigenvalue weighted by Gasteiger charge is -2.19. The summed E-state index contributed by atoms with van der Waals surface area (Å²) in [6, 6.07) is 19.6. The number of nitrogens with zero attached hydrogens (tertiary/aromatic N) is 1. The fraction of sp³-hybridized carbons (Fsp3) is 0.333. The van der Waals surface area contributed by atoms with Crippen LogP contribution in [0.25, 0.3) is 11.1 Å². The van der Waals surface area contributed by atoms with E-state index in [0.717, 1.165) is 26.2 Å². The molecule has 1 N–H and O–H groups in total. The van der Waals surface area contributed by atoms with Crippen LogP contribution in [0.1, 0.15) is 12.0 Å². The third kappa shape index (κ3) is 3.47. The SMILES string of the molecule is c1ccc(-c2ccc(CN3CCCNCC3)cc2)cc1. The molecule has 0 aromatic heterocycles. The Labute approximate surface area is 121 Å². The second-order valence-electron chi connectivity index (χ2n) is 5.44. The number of rotatable bonds is 3. The van der Waals surface area contributed by atoms with Gasteiger partial charge in [0.15, 0.2) is 0 Å². The molecule has 0 amide bonds. The Morgan fingerprint density at radius 3 is 2.35 bits per heavy atom. The molecule has 1 saturated heterocycles. The minimum atomic E-state index is 1.07. The van der Waals surface area contributed by atoms with Gasteiger partial charge in [-0.25, -0.2) is 0 Å². The molecule has 1 aliphatic rings. The van der Waals surface area contributed by atoms with Crippen LogP contribution in [0.3, 0.4) is 0 Å². The molecular formula is C18H22N2. The first-order chi connectivity index (χ1) is 9.92. The fourth-order valence-corrected chi connectivity index (χ4v) is 2.75. The second-order valence-corrected chi connectivity index (χ2v) is 5.44. The van der Waals surface area contributed by atoms with Crippen molar-refractivity contribution in [2.75, 3.05) is 26.2 Å². The highest BCUT2D eigenvalue weighted by Crippen LogP contribution is 2.19. The predicted molar refractivity (Wildman–Crippen MR) is 84.6 cm³/mol. The van der Waals surface area contributed by atoms with Crippen LogP contribution in [-0.4, -0.2) is 31.1 Å². The summed E-state index contributed by atoms with van der Waals surface area (Å²) in [4.78, 5) is 2.54. The zero-order chi connectivity index (χ0) is 13.6.